The molecule has 0 amide bonds. The molecule has 0 aliphatic rings. The number of unbranched alkanes of at least 4 members (excludes halogenated alkanes) is 1. The van der Waals surface area contributed by atoms with Crippen molar-refractivity contribution in [3.8, 4) is 11.8 Å². The first-order valence-corrected chi connectivity index (χ1v) is 7.80. The van der Waals surface area contributed by atoms with Crippen molar-refractivity contribution in [2.24, 2.45) is 0 Å². The lowest BCUT2D eigenvalue weighted by atomic mass is 10.1. The summed E-state index contributed by atoms with van der Waals surface area (Å²) < 4.78 is 5.59. The topological polar surface area (TPSA) is 82.3 Å². The molecule has 0 aliphatic heterocycles. The molecule has 124 valence electrons. The fourth-order valence-corrected chi connectivity index (χ4v) is 2.30. The van der Waals surface area contributed by atoms with Crippen molar-refractivity contribution >= 4 is 5.97 Å². The largest absolute Gasteiger partial charge is 0.494 e. The summed E-state index contributed by atoms with van der Waals surface area (Å²) >= 11 is 0. The number of rotatable bonds is 9. The van der Waals surface area contributed by atoms with Gasteiger partial charge in [-0.3, -0.25) is 10.1 Å². The van der Waals surface area contributed by atoms with Gasteiger partial charge in [0.2, 0.25) is 0 Å². The molecular formula is C19H20N2O3. The van der Waals surface area contributed by atoms with E-state index in [2.05, 4.69) is 11.4 Å². The number of hydrogen-bond acceptors (Lipinski definition) is 4. The molecule has 2 rings (SSSR count). The Kier molecular flexibility index (Phi) is 6.81. The quantitative estimate of drug-likeness (QED) is 0.692. The normalized spacial score (nSPS) is 11.5. The molecule has 5 nitrogen and oxygen atoms in total. The van der Waals surface area contributed by atoms with E-state index in [1.165, 1.54) is 0 Å². The molecule has 5 heteroatoms. The minimum atomic E-state index is -0.912. The Balaban J connectivity index is 1.95. The fraction of sp³-hybridized carbons (Fsp3) is 0.263. The lowest BCUT2D eigenvalue weighted by Crippen LogP contribution is -2.28. The van der Waals surface area contributed by atoms with E-state index >= 15 is 0 Å². The Morgan fingerprint density at radius 2 is 2.00 bits per heavy atom. The van der Waals surface area contributed by atoms with E-state index in [-0.39, 0.29) is 0 Å². The highest BCUT2D eigenvalue weighted by Gasteiger charge is 2.18. The zero-order valence-corrected chi connectivity index (χ0v) is 13.3. The Hall–Kier alpha value is -2.84. The summed E-state index contributed by atoms with van der Waals surface area (Å²) in [4.78, 5) is 11.5. The molecule has 1 atom stereocenters. The van der Waals surface area contributed by atoms with Crippen molar-refractivity contribution in [1.29, 1.82) is 5.26 Å². The molecule has 0 aromatic heterocycles. The third-order valence-corrected chi connectivity index (χ3v) is 3.49. The first-order valence-electron chi connectivity index (χ1n) is 7.80. The van der Waals surface area contributed by atoms with Gasteiger partial charge in [-0.05, 0) is 29.7 Å². The van der Waals surface area contributed by atoms with Crippen molar-refractivity contribution in [3.63, 3.8) is 0 Å². The van der Waals surface area contributed by atoms with Crippen LogP contribution in [-0.2, 0) is 11.3 Å². The van der Waals surface area contributed by atoms with E-state index < -0.39 is 12.0 Å². The number of benzene rings is 2. The SMILES string of the molecule is N#CCCCOc1cccc(CN[C@H](C(=O)O)c2ccccc2)c1. The zero-order valence-electron chi connectivity index (χ0n) is 13.3. The summed E-state index contributed by atoms with van der Waals surface area (Å²) in [6.07, 6.45) is 1.16. The molecule has 0 spiro atoms. The van der Waals surface area contributed by atoms with Crippen molar-refractivity contribution < 1.29 is 14.6 Å². The second kappa shape index (κ2) is 9.33. The summed E-state index contributed by atoms with van der Waals surface area (Å²) in [6, 6.07) is 17.9. The molecule has 0 heterocycles. The lowest BCUT2D eigenvalue weighted by Gasteiger charge is -2.15. The van der Waals surface area contributed by atoms with Gasteiger partial charge >= 0.3 is 5.97 Å². The van der Waals surface area contributed by atoms with Crippen LogP contribution in [0.4, 0.5) is 0 Å². The van der Waals surface area contributed by atoms with Crippen LogP contribution in [0.25, 0.3) is 0 Å². The van der Waals surface area contributed by atoms with Crippen LogP contribution < -0.4 is 10.1 Å². The number of aliphatic carboxylic acids is 1. The molecule has 0 aliphatic carbocycles. The van der Waals surface area contributed by atoms with Gasteiger partial charge in [0, 0.05) is 13.0 Å². The number of hydrogen-bond donors (Lipinski definition) is 2. The first-order chi connectivity index (χ1) is 11.7. The van der Waals surface area contributed by atoms with Crippen LogP contribution in [0.3, 0.4) is 0 Å². The van der Waals surface area contributed by atoms with Gasteiger partial charge in [0.05, 0.1) is 12.7 Å². The average molecular weight is 324 g/mol. The van der Waals surface area contributed by atoms with Crippen LogP contribution in [0.2, 0.25) is 0 Å². The Morgan fingerprint density at radius 3 is 2.71 bits per heavy atom. The molecule has 2 N–H and O–H groups in total. The zero-order chi connectivity index (χ0) is 17.2. The van der Waals surface area contributed by atoms with Gasteiger partial charge in [-0.15, -0.1) is 0 Å². The molecule has 2 aromatic carbocycles. The van der Waals surface area contributed by atoms with E-state index in [4.69, 9.17) is 10.00 Å². The first kappa shape index (κ1) is 17.5. The summed E-state index contributed by atoms with van der Waals surface area (Å²) in [5.74, 6) is -0.191. The number of carboxylic acids is 1. The predicted molar refractivity (Wildman–Crippen MR) is 90.4 cm³/mol. The monoisotopic (exact) mass is 324 g/mol. The third kappa shape index (κ3) is 5.41. The van der Waals surface area contributed by atoms with Gasteiger partial charge in [-0.25, -0.2) is 0 Å². The summed E-state index contributed by atoms with van der Waals surface area (Å²) in [5.41, 5.74) is 1.66. The van der Waals surface area contributed by atoms with E-state index in [0.717, 1.165) is 11.3 Å². The minimum Gasteiger partial charge on any atom is -0.494 e. The highest BCUT2D eigenvalue weighted by molar-refractivity contribution is 5.75. The average Bonchev–Trinajstić information content (AvgIpc) is 2.60. The Bertz CT molecular complexity index is 695. The maximum absolute atomic E-state index is 11.5. The second-order valence-electron chi connectivity index (χ2n) is 5.32. The fourth-order valence-electron chi connectivity index (χ4n) is 2.30. The van der Waals surface area contributed by atoms with Gasteiger partial charge in [0.1, 0.15) is 11.8 Å². The number of carboxylic acid groups (broad SMARTS) is 1. The maximum Gasteiger partial charge on any atom is 0.325 e. The van der Waals surface area contributed by atoms with Crippen molar-refractivity contribution in [2.45, 2.75) is 25.4 Å². The van der Waals surface area contributed by atoms with Gasteiger partial charge in [0.15, 0.2) is 0 Å². The van der Waals surface area contributed by atoms with Crippen LogP contribution in [0, 0.1) is 11.3 Å². The van der Waals surface area contributed by atoms with Crippen LogP contribution in [0.15, 0.2) is 54.6 Å². The molecule has 0 fully saturated rings. The van der Waals surface area contributed by atoms with E-state index in [9.17, 15) is 9.90 Å². The molecule has 0 radical (unpaired) electrons. The van der Waals surface area contributed by atoms with E-state index in [0.29, 0.717) is 31.6 Å². The van der Waals surface area contributed by atoms with Gasteiger partial charge in [-0.2, -0.15) is 5.26 Å². The molecule has 0 unspecified atom stereocenters. The van der Waals surface area contributed by atoms with Crippen molar-refractivity contribution in [2.75, 3.05) is 6.61 Å². The van der Waals surface area contributed by atoms with Crippen molar-refractivity contribution in [1.82, 2.24) is 5.32 Å². The molecule has 0 saturated carbocycles. The van der Waals surface area contributed by atoms with Crippen LogP contribution in [-0.4, -0.2) is 17.7 Å². The summed E-state index contributed by atoms with van der Waals surface area (Å²) in [6.45, 7) is 0.910. The Morgan fingerprint density at radius 1 is 1.21 bits per heavy atom. The smallest absolute Gasteiger partial charge is 0.325 e. The number of carbonyl (C=O) groups is 1. The molecule has 24 heavy (non-hydrogen) atoms. The van der Waals surface area contributed by atoms with Gasteiger partial charge in [0.25, 0.3) is 0 Å². The van der Waals surface area contributed by atoms with Gasteiger partial charge < -0.3 is 9.84 Å². The number of nitrogens with one attached hydrogen (secondary N) is 1. The van der Waals surface area contributed by atoms with Crippen LogP contribution >= 0.6 is 0 Å². The van der Waals surface area contributed by atoms with Crippen molar-refractivity contribution in [3.05, 3.63) is 65.7 Å². The number of nitrogens with zero attached hydrogens (tertiary/aromatic N) is 1. The minimum absolute atomic E-state index is 0.418. The van der Waals surface area contributed by atoms with Gasteiger partial charge in [-0.1, -0.05) is 42.5 Å². The number of nitriles is 1. The highest BCUT2D eigenvalue weighted by atomic mass is 16.5. The lowest BCUT2D eigenvalue weighted by molar-refractivity contribution is -0.139. The summed E-state index contributed by atoms with van der Waals surface area (Å²) in [5, 5.41) is 21.0. The predicted octanol–water partition coefficient (Wildman–Crippen LogP) is 3.28. The molecule has 0 saturated heterocycles. The van der Waals surface area contributed by atoms with Crippen LogP contribution in [0.1, 0.15) is 30.0 Å². The second-order valence-corrected chi connectivity index (χ2v) is 5.32. The molecular weight excluding hydrogens is 304 g/mol. The highest BCUT2D eigenvalue weighted by Crippen LogP contribution is 2.17. The third-order valence-electron chi connectivity index (χ3n) is 3.49. The standard InChI is InChI=1S/C19H20N2O3/c20-11-4-5-12-24-17-10-6-7-15(13-17)14-21-18(19(22)23)16-8-2-1-3-9-16/h1-3,6-10,13,18,21H,4-5,12,14H2,(H,22,23)/t18-/m0/s1. The van der Waals surface area contributed by atoms with E-state index in [1.54, 1.807) is 12.1 Å². The van der Waals surface area contributed by atoms with E-state index in [1.807, 2.05) is 42.5 Å². The summed E-state index contributed by atoms with van der Waals surface area (Å²) in [7, 11) is 0. The number of ether oxygens (including phenoxy) is 1. The Labute approximate surface area is 141 Å². The van der Waals surface area contributed by atoms with Crippen LogP contribution in [0.5, 0.6) is 5.75 Å². The maximum atomic E-state index is 11.5. The molecule has 0 bridgehead atoms. The molecule has 2 aromatic rings.